The minimum atomic E-state index is -1.86. The fourth-order valence-corrected chi connectivity index (χ4v) is 1.97. The normalized spacial score (nSPS) is 12.1. The van der Waals surface area contributed by atoms with Gasteiger partial charge >= 0.3 is 0 Å². The van der Waals surface area contributed by atoms with Gasteiger partial charge in [-0.25, -0.2) is 17.6 Å². The van der Waals surface area contributed by atoms with E-state index in [0.717, 1.165) is 18.2 Å². The van der Waals surface area contributed by atoms with Crippen molar-refractivity contribution in [1.29, 1.82) is 0 Å². The molecule has 24 heavy (non-hydrogen) atoms. The standard InChI is InChI=1S/C15H10F5NO3/c16-7-2-1-3-8(17)11(7)10(22)5-21-15(24)6-4-9(18)13(20)14(23)12(6)19/h1-4,10,22-23H,5H2,(H,21,24)/t10-/m1/s1. The van der Waals surface area contributed by atoms with Gasteiger partial charge in [-0.3, -0.25) is 4.79 Å². The Bertz CT molecular complexity index is 777. The molecule has 0 unspecified atom stereocenters. The zero-order valence-corrected chi connectivity index (χ0v) is 11.8. The number of halogens is 5. The van der Waals surface area contributed by atoms with E-state index in [2.05, 4.69) is 0 Å². The van der Waals surface area contributed by atoms with E-state index >= 15 is 0 Å². The monoisotopic (exact) mass is 347 g/mol. The summed E-state index contributed by atoms with van der Waals surface area (Å²) >= 11 is 0. The zero-order chi connectivity index (χ0) is 18.0. The van der Waals surface area contributed by atoms with Gasteiger partial charge in [0.2, 0.25) is 5.82 Å². The first kappa shape index (κ1) is 17.7. The number of rotatable bonds is 4. The smallest absolute Gasteiger partial charge is 0.254 e. The summed E-state index contributed by atoms with van der Waals surface area (Å²) in [5, 5.41) is 20.7. The van der Waals surface area contributed by atoms with Crippen LogP contribution in [0.25, 0.3) is 0 Å². The molecule has 2 aromatic rings. The second-order valence-corrected chi connectivity index (χ2v) is 4.74. The molecule has 0 saturated heterocycles. The van der Waals surface area contributed by atoms with Gasteiger partial charge in [-0.05, 0) is 18.2 Å². The summed E-state index contributed by atoms with van der Waals surface area (Å²) in [6.07, 6.45) is -1.81. The summed E-state index contributed by atoms with van der Waals surface area (Å²) in [7, 11) is 0. The maximum Gasteiger partial charge on any atom is 0.254 e. The Morgan fingerprint density at radius 1 is 1.04 bits per heavy atom. The van der Waals surface area contributed by atoms with Crippen LogP contribution in [0, 0.1) is 29.1 Å². The molecule has 0 radical (unpaired) electrons. The number of benzene rings is 2. The zero-order valence-electron chi connectivity index (χ0n) is 11.8. The number of aliphatic hydroxyl groups is 1. The van der Waals surface area contributed by atoms with Gasteiger partial charge in [0.15, 0.2) is 17.4 Å². The quantitative estimate of drug-likeness (QED) is 0.588. The number of nitrogens with one attached hydrogen (secondary N) is 1. The van der Waals surface area contributed by atoms with E-state index in [0.29, 0.717) is 0 Å². The van der Waals surface area contributed by atoms with Gasteiger partial charge in [0.1, 0.15) is 17.7 Å². The fourth-order valence-electron chi connectivity index (χ4n) is 1.97. The van der Waals surface area contributed by atoms with Gasteiger partial charge in [-0.1, -0.05) is 6.07 Å². The molecule has 9 heteroatoms. The lowest BCUT2D eigenvalue weighted by molar-refractivity contribution is 0.0905. The molecule has 0 aliphatic heterocycles. The molecule has 0 fully saturated rings. The van der Waals surface area contributed by atoms with Gasteiger partial charge in [0, 0.05) is 6.54 Å². The van der Waals surface area contributed by atoms with Crippen molar-refractivity contribution < 1.29 is 37.0 Å². The summed E-state index contributed by atoms with van der Waals surface area (Å²) < 4.78 is 66.6. The van der Waals surface area contributed by atoms with Crippen molar-refractivity contribution in [2.75, 3.05) is 6.54 Å². The largest absolute Gasteiger partial charge is 0.503 e. The van der Waals surface area contributed by atoms with Crippen LogP contribution in [0.2, 0.25) is 0 Å². The molecule has 128 valence electrons. The summed E-state index contributed by atoms with van der Waals surface area (Å²) in [5.74, 6) is -10.4. The Morgan fingerprint density at radius 3 is 2.21 bits per heavy atom. The molecular weight excluding hydrogens is 337 g/mol. The lowest BCUT2D eigenvalue weighted by atomic mass is 10.1. The average molecular weight is 347 g/mol. The molecule has 3 N–H and O–H groups in total. The highest BCUT2D eigenvalue weighted by Crippen LogP contribution is 2.26. The van der Waals surface area contributed by atoms with Crippen LogP contribution in [-0.2, 0) is 0 Å². The number of phenols is 1. The van der Waals surface area contributed by atoms with Crippen LogP contribution in [0.4, 0.5) is 22.0 Å². The number of carbonyl (C=O) groups is 1. The highest BCUT2D eigenvalue weighted by Gasteiger charge is 2.24. The van der Waals surface area contributed by atoms with E-state index in [1.165, 1.54) is 0 Å². The molecule has 4 nitrogen and oxygen atoms in total. The van der Waals surface area contributed by atoms with Crippen LogP contribution in [0.1, 0.15) is 22.0 Å². The van der Waals surface area contributed by atoms with E-state index in [9.17, 15) is 31.9 Å². The first-order valence-corrected chi connectivity index (χ1v) is 6.50. The third-order valence-electron chi connectivity index (χ3n) is 3.17. The fraction of sp³-hybridized carbons (Fsp3) is 0.133. The summed E-state index contributed by atoms with van der Waals surface area (Å²) in [4.78, 5) is 11.7. The number of hydrogen-bond donors (Lipinski definition) is 3. The van der Waals surface area contributed by atoms with Crippen LogP contribution in [0.3, 0.4) is 0 Å². The highest BCUT2D eigenvalue weighted by atomic mass is 19.2. The van der Waals surface area contributed by atoms with Crippen molar-refractivity contribution in [1.82, 2.24) is 5.32 Å². The minimum Gasteiger partial charge on any atom is -0.503 e. The summed E-state index contributed by atoms with van der Waals surface area (Å²) in [6, 6.07) is 3.04. The van der Waals surface area contributed by atoms with Gasteiger partial charge < -0.3 is 15.5 Å². The number of aromatic hydroxyl groups is 1. The Labute approximate surface area is 132 Å². The third-order valence-corrected chi connectivity index (χ3v) is 3.17. The SMILES string of the molecule is O=C(NC[C@@H](O)c1c(F)cccc1F)c1cc(F)c(F)c(O)c1F. The molecule has 0 aromatic heterocycles. The molecule has 2 rings (SSSR count). The number of carbonyl (C=O) groups excluding carboxylic acids is 1. The molecular formula is C15H10F5NO3. The van der Waals surface area contributed by atoms with E-state index in [1.54, 1.807) is 0 Å². The number of aliphatic hydroxyl groups excluding tert-OH is 1. The molecule has 0 aliphatic rings. The first-order valence-electron chi connectivity index (χ1n) is 6.50. The predicted molar refractivity (Wildman–Crippen MR) is 71.6 cm³/mol. The van der Waals surface area contributed by atoms with E-state index < -0.39 is 64.5 Å². The van der Waals surface area contributed by atoms with Crippen molar-refractivity contribution >= 4 is 5.91 Å². The Balaban J connectivity index is 2.17. The van der Waals surface area contributed by atoms with Crippen LogP contribution in [0.15, 0.2) is 24.3 Å². The molecule has 0 saturated carbocycles. The number of hydrogen-bond acceptors (Lipinski definition) is 3. The molecule has 0 heterocycles. The summed E-state index contributed by atoms with van der Waals surface area (Å²) in [5.41, 5.74) is -1.75. The molecule has 2 aromatic carbocycles. The highest BCUT2D eigenvalue weighted by molar-refractivity contribution is 5.95. The van der Waals surface area contributed by atoms with Crippen LogP contribution in [-0.4, -0.2) is 22.7 Å². The second-order valence-electron chi connectivity index (χ2n) is 4.74. The van der Waals surface area contributed by atoms with E-state index in [-0.39, 0.29) is 6.07 Å². The molecule has 0 spiro atoms. The van der Waals surface area contributed by atoms with Gasteiger partial charge in [-0.2, -0.15) is 4.39 Å². The van der Waals surface area contributed by atoms with Crippen molar-refractivity contribution in [3.05, 3.63) is 64.5 Å². The second kappa shape index (κ2) is 6.83. The van der Waals surface area contributed by atoms with Crippen molar-refractivity contribution in [2.24, 2.45) is 0 Å². The third kappa shape index (κ3) is 3.30. The predicted octanol–water partition coefficient (Wildman–Crippen LogP) is 2.55. The van der Waals surface area contributed by atoms with Crippen LogP contribution < -0.4 is 5.32 Å². The lowest BCUT2D eigenvalue weighted by Gasteiger charge is -2.14. The van der Waals surface area contributed by atoms with Gasteiger partial charge in [0.25, 0.3) is 5.91 Å². The molecule has 0 aliphatic carbocycles. The van der Waals surface area contributed by atoms with Gasteiger partial charge in [0.05, 0.1) is 11.1 Å². The Kier molecular flexibility index (Phi) is 5.03. The maximum absolute atomic E-state index is 13.6. The molecule has 0 bridgehead atoms. The topological polar surface area (TPSA) is 69.6 Å². The maximum atomic E-state index is 13.6. The van der Waals surface area contributed by atoms with E-state index in [4.69, 9.17) is 5.11 Å². The number of amides is 1. The van der Waals surface area contributed by atoms with Crippen LogP contribution >= 0.6 is 0 Å². The lowest BCUT2D eigenvalue weighted by Crippen LogP contribution is -2.30. The molecule has 1 amide bonds. The first-order chi connectivity index (χ1) is 11.2. The Hall–Kier alpha value is -2.68. The van der Waals surface area contributed by atoms with Crippen LogP contribution in [0.5, 0.6) is 5.75 Å². The molecule has 1 atom stereocenters. The Morgan fingerprint density at radius 2 is 1.62 bits per heavy atom. The van der Waals surface area contributed by atoms with Crippen molar-refractivity contribution in [3.63, 3.8) is 0 Å². The van der Waals surface area contributed by atoms with Gasteiger partial charge in [-0.15, -0.1) is 0 Å². The average Bonchev–Trinajstić information content (AvgIpc) is 2.53. The van der Waals surface area contributed by atoms with Crippen molar-refractivity contribution in [3.8, 4) is 5.75 Å². The van der Waals surface area contributed by atoms with Crippen molar-refractivity contribution in [2.45, 2.75) is 6.10 Å². The number of phenolic OH excluding ortho intramolecular Hbond substituents is 1. The van der Waals surface area contributed by atoms with E-state index in [1.807, 2.05) is 5.32 Å². The summed E-state index contributed by atoms with van der Waals surface area (Å²) in [6.45, 7) is -0.740. The minimum absolute atomic E-state index is 0.204.